The summed E-state index contributed by atoms with van der Waals surface area (Å²) in [5.74, 6) is -0.223. The van der Waals surface area contributed by atoms with Gasteiger partial charge in [-0.2, -0.15) is 5.26 Å². The Balaban J connectivity index is 2.29. The summed E-state index contributed by atoms with van der Waals surface area (Å²) < 4.78 is 0. The molecular formula is C10H13N3O2. The Labute approximate surface area is 88.0 Å². The molecule has 0 aromatic heterocycles. The summed E-state index contributed by atoms with van der Waals surface area (Å²) in [6.45, 7) is 3.82. The van der Waals surface area contributed by atoms with Gasteiger partial charge in [0.2, 0.25) is 11.8 Å². The van der Waals surface area contributed by atoms with E-state index in [0.717, 1.165) is 0 Å². The fraction of sp³-hybridized carbons (Fsp3) is 0.700. The van der Waals surface area contributed by atoms with Gasteiger partial charge in [0.05, 0.1) is 11.5 Å². The van der Waals surface area contributed by atoms with Crippen molar-refractivity contribution in [2.24, 2.45) is 5.41 Å². The standard InChI is InChI=1S/C10H13N3O2/c1-6-9(15)13-5-10(2,4-11)3-7(13)8(14)12-6/h6-7H,3,5H2,1-2H3,(H,12,14)/t6-,7+,10-/m0/s1. The summed E-state index contributed by atoms with van der Waals surface area (Å²) in [6.07, 6.45) is 0.438. The van der Waals surface area contributed by atoms with Crippen LogP contribution in [0.25, 0.3) is 0 Å². The lowest BCUT2D eigenvalue weighted by Gasteiger charge is -2.32. The number of hydrogen-bond acceptors (Lipinski definition) is 3. The largest absolute Gasteiger partial charge is 0.343 e. The number of fused-ring (bicyclic) bond motifs is 1. The van der Waals surface area contributed by atoms with Crippen LogP contribution in [-0.4, -0.2) is 35.3 Å². The van der Waals surface area contributed by atoms with Crippen LogP contribution in [0.1, 0.15) is 20.3 Å². The van der Waals surface area contributed by atoms with Gasteiger partial charge in [0.15, 0.2) is 0 Å². The van der Waals surface area contributed by atoms with Crippen LogP contribution in [0.2, 0.25) is 0 Å². The van der Waals surface area contributed by atoms with E-state index in [1.54, 1.807) is 13.8 Å². The van der Waals surface area contributed by atoms with E-state index < -0.39 is 17.5 Å². The molecule has 1 N–H and O–H groups in total. The number of rotatable bonds is 0. The Morgan fingerprint density at radius 1 is 1.60 bits per heavy atom. The lowest BCUT2D eigenvalue weighted by Crippen LogP contribution is -2.60. The summed E-state index contributed by atoms with van der Waals surface area (Å²) in [5, 5.41) is 11.6. The van der Waals surface area contributed by atoms with Crippen molar-refractivity contribution >= 4 is 11.8 Å². The second kappa shape index (κ2) is 2.96. The number of hydrogen-bond donors (Lipinski definition) is 1. The van der Waals surface area contributed by atoms with E-state index in [-0.39, 0.29) is 11.8 Å². The van der Waals surface area contributed by atoms with Gasteiger partial charge in [-0.3, -0.25) is 9.59 Å². The molecule has 2 aliphatic rings. The highest BCUT2D eigenvalue weighted by atomic mass is 16.2. The molecule has 2 amide bonds. The molecule has 80 valence electrons. The minimum atomic E-state index is -0.582. The summed E-state index contributed by atoms with van der Waals surface area (Å²) in [7, 11) is 0. The van der Waals surface area contributed by atoms with Crippen molar-refractivity contribution in [2.45, 2.75) is 32.4 Å². The molecule has 2 rings (SSSR count). The van der Waals surface area contributed by atoms with Crippen molar-refractivity contribution in [1.29, 1.82) is 5.26 Å². The number of carbonyl (C=O) groups is 2. The van der Waals surface area contributed by atoms with E-state index in [1.165, 1.54) is 4.90 Å². The molecule has 2 aliphatic heterocycles. The molecule has 5 heteroatoms. The van der Waals surface area contributed by atoms with Gasteiger partial charge in [-0.25, -0.2) is 0 Å². The van der Waals surface area contributed by atoms with Gasteiger partial charge in [-0.05, 0) is 20.3 Å². The first kappa shape index (κ1) is 9.97. The van der Waals surface area contributed by atoms with E-state index in [4.69, 9.17) is 5.26 Å². The molecular weight excluding hydrogens is 194 g/mol. The van der Waals surface area contributed by atoms with Crippen molar-refractivity contribution < 1.29 is 9.59 Å². The first-order valence-corrected chi connectivity index (χ1v) is 4.99. The molecule has 0 bridgehead atoms. The van der Waals surface area contributed by atoms with Gasteiger partial charge in [-0.1, -0.05) is 0 Å². The van der Waals surface area contributed by atoms with Gasteiger partial charge < -0.3 is 10.2 Å². The highest BCUT2D eigenvalue weighted by Crippen LogP contribution is 2.35. The highest BCUT2D eigenvalue weighted by molar-refractivity contribution is 5.97. The molecule has 0 unspecified atom stereocenters. The predicted molar refractivity (Wildman–Crippen MR) is 51.4 cm³/mol. The normalized spacial score (nSPS) is 39.7. The van der Waals surface area contributed by atoms with Crippen molar-refractivity contribution in [2.75, 3.05) is 6.54 Å². The fourth-order valence-electron chi connectivity index (χ4n) is 2.25. The van der Waals surface area contributed by atoms with Gasteiger partial charge in [-0.15, -0.1) is 0 Å². The van der Waals surface area contributed by atoms with E-state index in [0.29, 0.717) is 13.0 Å². The molecule has 0 aromatic carbocycles. The van der Waals surface area contributed by atoms with Crippen molar-refractivity contribution in [3.05, 3.63) is 0 Å². The lowest BCUT2D eigenvalue weighted by atomic mass is 9.90. The maximum atomic E-state index is 11.8. The fourth-order valence-corrected chi connectivity index (χ4v) is 2.25. The average Bonchev–Trinajstić information content (AvgIpc) is 2.55. The second-order valence-corrected chi connectivity index (χ2v) is 4.59. The van der Waals surface area contributed by atoms with E-state index in [9.17, 15) is 9.59 Å². The van der Waals surface area contributed by atoms with Crippen LogP contribution in [0.3, 0.4) is 0 Å². The number of nitrogens with zero attached hydrogens (tertiary/aromatic N) is 2. The van der Waals surface area contributed by atoms with Crippen molar-refractivity contribution in [1.82, 2.24) is 10.2 Å². The molecule has 0 aromatic rings. The van der Waals surface area contributed by atoms with Crippen LogP contribution >= 0.6 is 0 Å². The zero-order chi connectivity index (χ0) is 11.2. The Hall–Kier alpha value is -1.57. The Kier molecular flexibility index (Phi) is 1.97. The first-order valence-electron chi connectivity index (χ1n) is 4.99. The predicted octanol–water partition coefficient (Wildman–Crippen LogP) is -0.365. The third-order valence-corrected chi connectivity index (χ3v) is 3.12. The zero-order valence-corrected chi connectivity index (χ0v) is 8.78. The maximum Gasteiger partial charge on any atom is 0.245 e. The van der Waals surface area contributed by atoms with Gasteiger partial charge in [0.1, 0.15) is 12.1 Å². The van der Waals surface area contributed by atoms with Crippen LogP contribution in [0.5, 0.6) is 0 Å². The second-order valence-electron chi connectivity index (χ2n) is 4.59. The van der Waals surface area contributed by atoms with Crippen LogP contribution in [-0.2, 0) is 9.59 Å². The molecule has 2 heterocycles. The Morgan fingerprint density at radius 3 is 2.87 bits per heavy atom. The summed E-state index contributed by atoms with van der Waals surface area (Å²) in [6, 6.07) is 1.27. The quantitative estimate of drug-likeness (QED) is 0.589. The van der Waals surface area contributed by atoms with Crippen LogP contribution < -0.4 is 5.32 Å². The van der Waals surface area contributed by atoms with Crippen LogP contribution in [0.15, 0.2) is 0 Å². The van der Waals surface area contributed by atoms with E-state index in [1.807, 2.05) is 0 Å². The van der Waals surface area contributed by atoms with E-state index >= 15 is 0 Å². The molecule has 2 saturated heterocycles. The molecule has 0 radical (unpaired) electrons. The Morgan fingerprint density at radius 2 is 2.27 bits per heavy atom. The molecule has 5 nitrogen and oxygen atoms in total. The van der Waals surface area contributed by atoms with Crippen LogP contribution in [0.4, 0.5) is 0 Å². The molecule has 0 saturated carbocycles. The van der Waals surface area contributed by atoms with Crippen molar-refractivity contribution in [3.63, 3.8) is 0 Å². The SMILES string of the molecule is C[C@@H]1NC(=O)[C@H]2C[C@@](C)(C#N)CN2C1=O. The lowest BCUT2D eigenvalue weighted by molar-refractivity contribution is -0.146. The maximum absolute atomic E-state index is 11.8. The summed E-state index contributed by atoms with van der Waals surface area (Å²) >= 11 is 0. The number of piperazine rings is 1. The third kappa shape index (κ3) is 1.37. The number of nitrogens with one attached hydrogen (secondary N) is 1. The number of carbonyl (C=O) groups excluding carboxylic acids is 2. The van der Waals surface area contributed by atoms with Crippen LogP contribution in [0, 0.1) is 16.7 Å². The smallest absolute Gasteiger partial charge is 0.245 e. The van der Waals surface area contributed by atoms with Gasteiger partial charge in [0.25, 0.3) is 0 Å². The highest BCUT2D eigenvalue weighted by Gasteiger charge is 2.50. The minimum Gasteiger partial charge on any atom is -0.343 e. The van der Waals surface area contributed by atoms with E-state index in [2.05, 4.69) is 11.4 Å². The molecule has 3 atom stereocenters. The molecule has 0 spiro atoms. The first-order chi connectivity index (χ1) is 6.97. The molecule has 2 fully saturated rings. The summed E-state index contributed by atoms with van der Waals surface area (Å²) in [4.78, 5) is 24.9. The monoisotopic (exact) mass is 207 g/mol. The van der Waals surface area contributed by atoms with Gasteiger partial charge >= 0.3 is 0 Å². The number of amides is 2. The minimum absolute atomic E-state index is 0.0847. The average molecular weight is 207 g/mol. The Bertz CT molecular complexity index is 373. The molecule has 15 heavy (non-hydrogen) atoms. The molecule has 0 aliphatic carbocycles. The van der Waals surface area contributed by atoms with Gasteiger partial charge in [0, 0.05) is 6.54 Å². The van der Waals surface area contributed by atoms with Crippen molar-refractivity contribution in [3.8, 4) is 6.07 Å². The third-order valence-electron chi connectivity index (χ3n) is 3.12. The number of nitriles is 1. The topological polar surface area (TPSA) is 73.2 Å². The zero-order valence-electron chi connectivity index (χ0n) is 8.78. The summed E-state index contributed by atoms with van der Waals surface area (Å²) in [5.41, 5.74) is -0.582.